The van der Waals surface area contributed by atoms with Crippen molar-refractivity contribution in [2.24, 2.45) is 0 Å². The minimum Gasteiger partial charge on any atom is -0.505 e. The SMILES string of the molecule is O=C(c1cc(Cl)c(O)c(Cl)c1)N1CCCC2c3ccccc3C[C@@H]21. The number of likely N-dealkylation sites (tertiary alicyclic amines) is 1. The molecule has 0 saturated carbocycles. The van der Waals surface area contributed by atoms with Crippen molar-refractivity contribution in [1.29, 1.82) is 0 Å². The van der Waals surface area contributed by atoms with Crippen molar-refractivity contribution in [1.82, 2.24) is 4.90 Å². The molecule has 4 rings (SSSR count). The van der Waals surface area contributed by atoms with Crippen LogP contribution >= 0.6 is 23.2 Å². The standard InChI is InChI=1S/C19H17Cl2NO2/c20-15-8-12(9-16(21)18(15)23)19(24)22-7-3-6-14-13-5-2-1-4-11(13)10-17(14)22/h1-2,4-5,8-9,14,17,23H,3,6-7,10H2/t14?,17-/m0/s1. The fraction of sp³-hybridized carbons (Fsp3) is 0.316. The molecule has 1 amide bonds. The van der Waals surface area contributed by atoms with Gasteiger partial charge in [0.05, 0.1) is 10.0 Å². The van der Waals surface area contributed by atoms with Crippen LogP contribution in [-0.4, -0.2) is 28.5 Å². The van der Waals surface area contributed by atoms with Gasteiger partial charge in [-0.1, -0.05) is 47.5 Å². The number of phenols is 1. The number of amides is 1. The molecule has 1 heterocycles. The molecule has 0 spiro atoms. The van der Waals surface area contributed by atoms with Gasteiger partial charge in [0, 0.05) is 24.1 Å². The summed E-state index contributed by atoms with van der Waals surface area (Å²) < 4.78 is 0. The van der Waals surface area contributed by atoms with Gasteiger partial charge in [-0.05, 0) is 42.5 Å². The van der Waals surface area contributed by atoms with Crippen molar-refractivity contribution in [2.75, 3.05) is 6.54 Å². The first kappa shape index (κ1) is 15.8. The first-order valence-corrected chi connectivity index (χ1v) is 8.88. The second-order valence-electron chi connectivity index (χ2n) is 6.51. The summed E-state index contributed by atoms with van der Waals surface area (Å²) >= 11 is 12.0. The van der Waals surface area contributed by atoms with Crippen molar-refractivity contribution in [3.05, 3.63) is 63.1 Å². The molecule has 2 atom stereocenters. The zero-order valence-electron chi connectivity index (χ0n) is 13.0. The van der Waals surface area contributed by atoms with Crippen LogP contribution in [-0.2, 0) is 6.42 Å². The predicted molar refractivity (Wildman–Crippen MR) is 95.1 cm³/mol. The van der Waals surface area contributed by atoms with Crippen LogP contribution in [0.25, 0.3) is 0 Å². The van der Waals surface area contributed by atoms with Gasteiger partial charge < -0.3 is 10.0 Å². The molecule has 0 radical (unpaired) electrons. The second kappa shape index (κ2) is 5.98. The molecule has 24 heavy (non-hydrogen) atoms. The fourth-order valence-corrected chi connectivity index (χ4v) is 4.57. The van der Waals surface area contributed by atoms with E-state index in [-0.39, 0.29) is 27.7 Å². The van der Waals surface area contributed by atoms with Gasteiger partial charge in [0.15, 0.2) is 5.75 Å². The molecule has 2 aliphatic rings. The normalized spacial score (nSPS) is 22.2. The maximum absolute atomic E-state index is 13.0. The Labute approximate surface area is 150 Å². The highest BCUT2D eigenvalue weighted by Gasteiger charge is 2.40. The van der Waals surface area contributed by atoms with Crippen LogP contribution in [0.3, 0.4) is 0 Å². The van der Waals surface area contributed by atoms with E-state index in [9.17, 15) is 9.90 Å². The van der Waals surface area contributed by atoms with Crippen molar-refractivity contribution in [3.63, 3.8) is 0 Å². The van der Waals surface area contributed by atoms with E-state index in [1.165, 1.54) is 23.3 Å². The molecule has 2 aromatic carbocycles. The molecule has 0 bridgehead atoms. The summed E-state index contributed by atoms with van der Waals surface area (Å²) in [5, 5.41) is 9.91. The number of hydrogen-bond donors (Lipinski definition) is 1. The second-order valence-corrected chi connectivity index (χ2v) is 7.32. The highest BCUT2D eigenvalue weighted by Crippen LogP contribution is 2.43. The molecule has 0 aromatic heterocycles. The molecule has 1 unspecified atom stereocenters. The fourth-order valence-electron chi connectivity index (χ4n) is 4.09. The Morgan fingerprint density at radius 3 is 2.62 bits per heavy atom. The van der Waals surface area contributed by atoms with Crippen LogP contribution in [0.15, 0.2) is 36.4 Å². The van der Waals surface area contributed by atoms with E-state index in [2.05, 4.69) is 24.3 Å². The van der Waals surface area contributed by atoms with E-state index in [4.69, 9.17) is 23.2 Å². The van der Waals surface area contributed by atoms with E-state index < -0.39 is 0 Å². The molecule has 124 valence electrons. The Kier molecular flexibility index (Phi) is 3.93. The molecule has 1 fully saturated rings. The van der Waals surface area contributed by atoms with Crippen LogP contribution in [0.5, 0.6) is 5.75 Å². The third-order valence-corrected chi connectivity index (χ3v) is 5.76. The van der Waals surface area contributed by atoms with Crippen LogP contribution in [0.1, 0.15) is 40.2 Å². The Balaban J connectivity index is 1.66. The highest BCUT2D eigenvalue weighted by molar-refractivity contribution is 6.37. The number of halogens is 2. The third-order valence-electron chi connectivity index (χ3n) is 5.19. The van der Waals surface area contributed by atoms with Crippen molar-refractivity contribution >= 4 is 29.1 Å². The Morgan fingerprint density at radius 2 is 1.88 bits per heavy atom. The minimum absolute atomic E-state index is 0.0682. The van der Waals surface area contributed by atoms with E-state index in [0.29, 0.717) is 11.5 Å². The first-order valence-electron chi connectivity index (χ1n) is 8.13. The lowest BCUT2D eigenvalue weighted by molar-refractivity contribution is 0.0595. The predicted octanol–water partition coefficient (Wildman–Crippen LogP) is 4.64. The third kappa shape index (κ3) is 2.47. The zero-order chi connectivity index (χ0) is 16.8. The van der Waals surface area contributed by atoms with Crippen molar-refractivity contribution in [2.45, 2.75) is 31.2 Å². The van der Waals surface area contributed by atoms with Gasteiger partial charge in [-0.15, -0.1) is 0 Å². The van der Waals surface area contributed by atoms with Crippen LogP contribution < -0.4 is 0 Å². The minimum atomic E-state index is -0.181. The van der Waals surface area contributed by atoms with Gasteiger partial charge in [0.2, 0.25) is 0 Å². The first-order chi connectivity index (χ1) is 11.6. The number of piperidine rings is 1. The molecular weight excluding hydrogens is 345 g/mol. The van der Waals surface area contributed by atoms with Gasteiger partial charge in [-0.3, -0.25) is 4.79 Å². The van der Waals surface area contributed by atoms with E-state index in [1.54, 1.807) is 0 Å². The van der Waals surface area contributed by atoms with Gasteiger partial charge in [0.1, 0.15) is 0 Å². The number of rotatable bonds is 1. The molecule has 5 heteroatoms. The number of aromatic hydroxyl groups is 1. The Hall–Kier alpha value is -1.71. The largest absolute Gasteiger partial charge is 0.505 e. The monoisotopic (exact) mass is 361 g/mol. The number of hydrogen-bond acceptors (Lipinski definition) is 2. The Morgan fingerprint density at radius 1 is 1.17 bits per heavy atom. The van der Waals surface area contributed by atoms with E-state index >= 15 is 0 Å². The summed E-state index contributed by atoms with van der Waals surface area (Å²) in [4.78, 5) is 15.0. The zero-order valence-corrected chi connectivity index (χ0v) is 14.5. The highest BCUT2D eigenvalue weighted by atomic mass is 35.5. The number of nitrogens with zero attached hydrogens (tertiary/aromatic N) is 1. The van der Waals surface area contributed by atoms with Crippen LogP contribution in [0.4, 0.5) is 0 Å². The molecule has 1 aliphatic heterocycles. The molecular formula is C19H17Cl2NO2. The summed E-state index contributed by atoms with van der Waals surface area (Å²) in [6.07, 6.45) is 3.00. The van der Waals surface area contributed by atoms with E-state index in [0.717, 1.165) is 25.8 Å². The smallest absolute Gasteiger partial charge is 0.254 e. The lowest BCUT2D eigenvalue weighted by atomic mass is 9.88. The topological polar surface area (TPSA) is 40.5 Å². The van der Waals surface area contributed by atoms with E-state index in [1.807, 2.05) is 4.90 Å². The summed E-state index contributed by atoms with van der Waals surface area (Å²) in [6, 6.07) is 11.7. The van der Waals surface area contributed by atoms with Gasteiger partial charge in [-0.25, -0.2) is 0 Å². The summed E-state index contributed by atoms with van der Waals surface area (Å²) in [7, 11) is 0. The summed E-state index contributed by atoms with van der Waals surface area (Å²) in [6.45, 7) is 0.740. The molecule has 1 aliphatic carbocycles. The van der Waals surface area contributed by atoms with Gasteiger partial charge in [-0.2, -0.15) is 0 Å². The average molecular weight is 362 g/mol. The quantitative estimate of drug-likeness (QED) is 0.803. The molecule has 1 saturated heterocycles. The lowest BCUT2D eigenvalue weighted by Crippen LogP contribution is -2.46. The molecule has 1 N–H and O–H groups in total. The van der Waals surface area contributed by atoms with Gasteiger partial charge in [0.25, 0.3) is 5.91 Å². The number of fused-ring (bicyclic) bond motifs is 3. The Bertz CT molecular complexity index is 798. The molecule has 3 nitrogen and oxygen atoms in total. The van der Waals surface area contributed by atoms with Crippen molar-refractivity contribution in [3.8, 4) is 5.75 Å². The number of benzene rings is 2. The number of carbonyl (C=O) groups excluding carboxylic acids is 1. The van der Waals surface area contributed by atoms with Crippen molar-refractivity contribution < 1.29 is 9.90 Å². The average Bonchev–Trinajstić information content (AvgIpc) is 2.97. The maximum Gasteiger partial charge on any atom is 0.254 e. The number of carbonyl (C=O) groups is 1. The number of phenolic OH excluding ortho intramolecular Hbond substituents is 1. The van der Waals surface area contributed by atoms with Crippen LogP contribution in [0, 0.1) is 0 Å². The van der Waals surface area contributed by atoms with Crippen LogP contribution in [0.2, 0.25) is 10.0 Å². The molecule has 2 aromatic rings. The summed E-state index contributed by atoms with van der Waals surface area (Å²) in [5.41, 5.74) is 3.15. The maximum atomic E-state index is 13.0. The summed E-state index contributed by atoms with van der Waals surface area (Å²) in [5.74, 6) is 0.156. The lowest BCUT2D eigenvalue weighted by Gasteiger charge is -2.38. The van der Waals surface area contributed by atoms with Gasteiger partial charge >= 0.3 is 0 Å².